The van der Waals surface area contributed by atoms with E-state index in [-0.39, 0.29) is 0 Å². The van der Waals surface area contributed by atoms with Gasteiger partial charge in [-0.15, -0.1) is 10.2 Å². The van der Waals surface area contributed by atoms with Crippen molar-refractivity contribution < 1.29 is 9.90 Å². The number of carboxylic acids is 1. The minimum absolute atomic E-state index is 0.582. The van der Waals surface area contributed by atoms with Gasteiger partial charge in [0.2, 0.25) is 0 Å². The molecular weight excluding hydrogens is 218 g/mol. The molecule has 0 bridgehead atoms. The Labute approximate surface area is 101 Å². The van der Waals surface area contributed by atoms with Crippen LogP contribution in [0.5, 0.6) is 0 Å². The zero-order valence-electron chi connectivity index (χ0n) is 10.4. The molecule has 1 aromatic rings. The number of rotatable bonds is 4. The number of hydrogen-bond donors (Lipinski definition) is 1. The van der Waals surface area contributed by atoms with Crippen molar-refractivity contribution in [3.05, 3.63) is 11.6 Å². The van der Waals surface area contributed by atoms with Gasteiger partial charge in [0.05, 0.1) is 0 Å². The van der Waals surface area contributed by atoms with E-state index in [9.17, 15) is 4.79 Å². The van der Waals surface area contributed by atoms with E-state index in [1.165, 1.54) is 25.7 Å². The highest BCUT2D eigenvalue weighted by Crippen LogP contribution is 2.28. The number of hydrogen-bond acceptors (Lipinski definition) is 3. The van der Waals surface area contributed by atoms with Crippen LogP contribution in [0.25, 0.3) is 0 Å². The molecule has 94 valence electrons. The van der Waals surface area contributed by atoms with Crippen molar-refractivity contribution in [2.24, 2.45) is 5.92 Å². The molecule has 0 saturated heterocycles. The molecule has 1 saturated carbocycles. The minimum atomic E-state index is -0.833. The smallest absolute Gasteiger partial charge is 0.326 e. The van der Waals surface area contributed by atoms with E-state index < -0.39 is 12.0 Å². The molecule has 1 N–H and O–H groups in total. The predicted molar refractivity (Wildman–Crippen MR) is 62.8 cm³/mol. The lowest BCUT2D eigenvalue weighted by molar-refractivity contribution is -0.140. The molecule has 0 aliphatic heterocycles. The van der Waals surface area contributed by atoms with E-state index >= 15 is 0 Å². The third-order valence-electron chi connectivity index (χ3n) is 3.63. The molecule has 1 aliphatic carbocycles. The first-order chi connectivity index (χ1) is 8.09. The largest absolute Gasteiger partial charge is 0.480 e. The molecule has 1 atom stereocenters. The van der Waals surface area contributed by atoms with E-state index in [4.69, 9.17) is 5.11 Å². The first kappa shape index (κ1) is 12.1. The Morgan fingerprint density at radius 1 is 1.47 bits per heavy atom. The topological polar surface area (TPSA) is 68.0 Å². The minimum Gasteiger partial charge on any atom is -0.480 e. The standard InChI is InChI=1S/C12H19N3O2/c1-8(12(16)17)15-9(2)13-14-11(15)7-10-5-3-4-6-10/h8,10H,3-7H2,1-2H3,(H,16,17). The highest BCUT2D eigenvalue weighted by Gasteiger charge is 2.23. The number of nitrogens with zero attached hydrogens (tertiary/aromatic N) is 3. The third-order valence-corrected chi connectivity index (χ3v) is 3.63. The molecule has 0 aromatic carbocycles. The summed E-state index contributed by atoms with van der Waals surface area (Å²) < 4.78 is 1.75. The van der Waals surface area contributed by atoms with Gasteiger partial charge in [0, 0.05) is 6.42 Å². The van der Waals surface area contributed by atoms with Gasteiger partial charge in [-0.2, -0.15) is 0 Å². The maximum atomic E-state index is 11.1. The second kappa shape index (κ2) is 4.85. The Balaban J connectivity index is 2.19. The highest BCUT2D eigenvalue weighted by atomic mass is 16.4. The summed E-state index contributed by atoms with van der Waals surface area (Å²) in [5.41, 5.74) is 0. The molecule has 1 heterocycles. The van der Waals surface area contributed by atoms with Crippen molar-refractivity contribution in [1.29, 1.82) is 0 Å². The Bertz CT molecular complexity index is 408. The van der Waals surface area contributed by atoms with Crippen LogP contribution in [0.3, 0.4) is 0 Å². The van der Waals surface area contributed by atoms with Crippen LogP contribution in [0.4, 0.5) is 0 Å². The van der Waals surface area contributed by atoms with Crippen LogP contribution in [0, 0.1) is 12.8 Å². The van der Waals surface area contributed by atoms with Gasteiger partial charge in [-0.25, -0.2) is 4.79 Å². The van der Waals surface area contributed by atoms with Crippen molar-refractivity contribution in [2.75, 3.05) is 0 Å². The number of carbonyl (C=O) groups is 1. The molecule has 1 aromatic heterocycles. The van der Waals surface area contributed by atoms with Gasteiger partial charge in [-0.3, -0.25) is 0 Å². The number of aromatic nitrogens is 3. The first-order valence-electron chi connectivity index (χ1n) is 6.22. The lowest BCUT2D eigenvalue weighted by Crippen LogP contribution is -2.20. The Kier molecular flexibility index (Phi) is 3.45. The summed E-state index contributed by atoms with van der Waals surface area (Å²) in [6, 6.07) is -0.582. The van der Waals surface area contributed by atoms with Crippen LogP contribution in [0.15, 0.2) is 0 Å². The summed E-state index contributed by atoms with van der Waals surface area (Å²) in [6.07, 6.45) is 5.89. The van der Waals surface area contributed by atoms with E-state index in [2.05, 4.69) is 10.2 Å². The maximum absolute atomic E-state index is 11.1. The van der Waals surface area contributed by atoms with Crippen LogP contribution in [0.1, 0.15) is 50.3 Å². The zero-order valence-corrected chi connectivity index (χ0v) is 10.4. The summed E-state index contributed by atoms with van der Waals surface area (Å²) in [5, 5.41) is 17.2. The average molecular weight is 237 g/mol. The fourth-order valence-corrected chi connectivity index (χ4v) is 2.64. The normalized spacial score (nSPS) is 18.5. The van der Waals surface area contributed by atoms with Crippen LogP contribution in [-0.4, -0.2) is 25.8 Å². The van der Waals surface area contributed by atoms with Crippen molar-refractivity contribution in [3.63, 3.8) is 0 Å². The Morgan fingerprint density at radius 2 is 2.12 bits per heavy atom. The van der Waals surface area contributed by atoms with E-state index in [0.717, 1.165) is 12.2 Å². The molecule has 0 radical (unpaired) electrons. The second-order valence-corrected chi connectivity index (χ2v) is 4.90. The van der Waals surface area contributed by atoms with Crippen LogP contribution < -0.4 is 0 Å². The molecule has 2 rings (SSSR count). The van der Waals surface area contributed by atoms with Crippen LogP contribution >= 0.6 is 0 Å². The summed E-state index contributed by atoms with van der Waals surface area (Å²) in [7, 11) is 0. The van der Waals surface area contributed by atoms with Gasteiger partial charge < -0.3 is 9.67 Å². The second-order valence-electron chi connectivity index (χ2n) is 4.90. The summed E-state index contributed by atoms with van der Waals surface area (Å²) >= 11 is 0. The third kappa shape index (κ3) is 2.48. The molecule has 5 nitrogen and oxygen atoms in total. The molecule has 17 heavy (non-hydrogen) atoms. The molecular formula is C12H19N3O2. The number of carboxylic acid groups (broad SMARTS) is 1. The summed E-state index contributed by atoms with van der Waals surface area (Å²) in [4.78, 5) is 11.1. The molecule has 1 unspecified atom stereocenters. The fourth-order valence-electron chi connectivity index (χ4n) is 2.64. The molecule has 1 aliphatic rings. The van der Waals surface area contributed by atoms with E-state index in [1.807, 2.05) is 6.92 Å². The Morgan fingerprint density at radius 3 is 2.71 bits per heavy atom. The highest BCUT2D eigenvalue weighted by molar-refractivity contribution is 5.71. The zero-order chi connectivity index (χ0) is 12.4. The quantitative estimate of drug-likeness (QED) is 0.869. The van der Waals surface area contributed by atoms with Gasteiger partial charge in [0.1, 0.15) is 17.7 Å². The predicted octanol–water partition coefficient (Wildman–Crippen LogP) is 1.96. The lowest BCUT2D eigenvalue weighted by Gasteiger charge is -2.15. The number of aryl methyl sites for hydroxylation is 1. The number of aliphatic carboxylic acids is 1. The van der Waals surface area contributed by atoms with Crippen molar-refractivity contribution >= 4 is 5.97 Å². The van der Waals surface area contributed by atoms with Gasteiger partial charge in [-0.1, -0.05) is 25.7 Å². The first-order valence-corrected chi connectivity index (χ1v) is 6.22. The van der Waals surface area contributed by atoms with Gasteiger partial charge >= 0.3 is 5.97 Å². The molecule has 0 spiro atoms. The monoisotopic (exact) mass is 237 g/mol. The molecule has 5 heteroatoms. The van der Waals surface area contributed by atoms with Crippen LogP contribution in [0.2, 0.25) is 0 Å². The van der Waals surface area contributed by atoms with Gasteiger partial charge in [0.25, 0.3) is 0 Å². The maximum Gasteiger partial charge on any atom is 0.326 e. The van der Waals surface area contributed by atoms with Crippen LogP contribution in [-0.2, 0) is 11.2 Å². The van der Waals surface area contributed by atoms with Gasteiger partial charge in [0.15, 0.2) is 0 Å². The molecule has 1 fully saturated rings. The summed E-state index contributed by atoms with van der Waals surface area (Å²) in [6.45, 7) is 3.49. The van der Waals surface area contributed by atoms with Gasteiger partial charge in [-0.05, 0) is 19.8 Å². The van der Waals surface area contributed by atoms with E-state index in [0.29, 0.717) is 11.7 Å². The SMILES string of the molecule is Cc1nnc(CC2CCCC2)n1C(C)C(=O)O. The van der Waals surface area contributed by atoms with Crippen molar-refractivity contribution in [2.45, 2.75) is 52.0 Å². The van der Waals surface area contributed by atoms with E-state index in [1.54, 1.807) is 11.5 Å². The fraction of sp³-hybridized carbons (Fsp3) is 0.750. The Hall–Kier alpha value is -1.39. The van der Waals surface area contributed by atoms with Crippen molar-refractivity contribution in [1.82, 2.24) is 14.8 Å². The lowest BCUT2D eigenvalue weighted by atomic mass is 10.0. The summed E-state index contributed by atoms with van der Waals surface area (Å²) in [5.74, 6) is 1.33. The van der Waals surface area contributed by atoms with Crippen molar-refractivity contribution in [3.8, 4) is 0 Å². The molecule has 0 amide bonds. The average Bonchev–Trinajstić information content (AvgIpc) is 2.89.